The molecule has 1 N–H and O–H groups in total. The van der Waals surface area contributed by atoms with E-state index in [-0.39, 0.29) is 11.7 Å². The number of rotatable bonds is 6. The van der Waals surface area contributed by atoms with Crippen LogP contribution in [0.15, 0.2) is 36.7 Å². The van der Waals surface area contributed by atoms with Gasteiger partial charge in [0.1, 0.15) is 5.82 Å². The molecule has 3 rings (SSSR count). The van der Waals surface area contributed by atoms with Crippen LogP contribution in [-0.2, 0) is 17.9 Å². The van der Waals surface area contributed by atoms with Crippen LogP contribution in [0.2, 0.25) is 0 Å². The molecule has 0 aliphatic carbocycles. The molecule has 1 atom stereocenters. The summed E-state index contributed by atoms with van der Waals surface area (Å²) >= 11 is 0. The summed E-state index contributed by atoms with van der Waals surface area (Å²) in [6.45, 7) is 4.61. The summed E-state index contributed by atoms with van der Waals surface area (Å²) < 4.78 is 14.9. The first-order chi connectivity index (χ1) is 12.1. The fourth-order valence-electron chi connectivity index (χ4n) is 3.30. The fraction of sp³-hybridized carbons (Fsp3) is 0.474. The summed E-state index contributed by atoms with van der Waals surface area (Å²) in [5.41, 5.74) is 2.05. The van der Waals surface area contributed by atoms with Crippen molar-refractivity contribution in [2.24, 2.45) is 0 Å². The number of benzene rings is 1. The molecule has 1 amide bonds. The van der Waals surface area contributed by atoms with Crippen LogP contribution in [0.25, 0.3) is 0 Å². The topological polar surface area (TPSA) is 50.2 Å². The van der Waals surface area contributed by atoms with Crippen molar-refractivity contribution in [3.63, 3.8) is 0 Å². The van der Waals surface area contributed by atoms with Gasteiger partial charge in [0.25, 0.3) is 0 Å². The zero-order valence-corrected chi connectivity index (χ0v) is 14.6. The zero-order valence-electron chi connectivity index (χ0n) is 14.6. The second kappa shape index (κ2) is 8.25. The third kappa shape index (κ3) is 5.13. The third-order valence-electron chi connectivity index (χ3n) is 4.66. The van der Waals surface area contributed by atoms with E-state index in [1.807, 2.05) is 24.0 Å². The van der Waals surface area contributed by atoms with Gasteiger partial charge in [0.15, 0.2) is 0 Å². The third-order valence-corrected chi connectivity index (χ3v) is 4.66. The molecule has 0 spiro atoms. The Morgan fingerprint density at radius 2 is 2.12 bits per heavy atom. The summed E-state index contributed by atoms with van der Waals surface area (Å²) in [6.07, 6.45) is 7.31. The van der Waals surface area contributed by atoms with Gasteiger partial charge in [-0.3, -0.25) is 14.4 Å². The Balaban J connectivity index is 1.51. The lowest BCUT2D eigenvalue weighted by Gasteiger charge is -2.35. The van der Waals surface area contributed by atoms with Crippen molar-refractivity contribution in [3.8, 4) is 0 Å². The standard InChI is InChI=1S/C19H25FN4O/c1-15-10-22-24(12-15)13-18-4-2-3-9-23(18)14-19(25)21-11-16-5-7-17(20)8-6-16/h5-8,10,12,18H,2-4,9,11,13-14H2,1H3,(H,21,25). The quantitative estimate of drug-likeness (QED) is 0.876. The zero-order chi connectivity index (χ0) is 17.6. The molecule has 5 nitrogen and oxygen atoms in total. The molecule has 1 aliphatic rings. The number of nitrogens with one attached hydrogen (secondary N) is 1. The Labute approximate surface area is 147 Å². The molecule has 1 saturated heterocycles. The number of aromatic nitrogens is 2. The Bertz CT molecular complexity index is 698. The first-order valence-electron chi connectivity index (χ1n) is 8.84. The molecule has 0 bridgehead atoms. The van der Waals surface area contributed by atoms with Gasteiger partial charge < -0.3 is 5.32 Å². The lowest BCUT2D eigenvalue weighted by Crippen LogP contribution is -2.47. The maximum atomic E-state index is 12.9. The number of halogens is 1. The van der Waals surface area contributed by atoms with Crippen LogP contribution in [0.3, 0.4) is 0 Å². The van der Waals surface area contributed by atoms with Crippen molar-refractivity contribution in [2.75, 3.05) is 13.1 Å². The maximum Gasteiger partial charge on any atom is 0.234 e. The molecule has 1 aliphatic heterocycles. The van der Waals surface area contributed by atoms with E-state index in [2.05, 4.69) is 15.3 Å². The van der Waals surface area contributed by atoms with Crippen molar-refractivity contribution in [1.82, 2.24) is 20.0 Å². The molecule has 134 valence electrons. The van der Waals surface area contributed by atoms with Crippen molar-refractivity contribution >= 4 is 5.91 Å². The second-order valence-corrected chi connectivity index (χ2v) is 6.76. The molecule has 1 fully saturated rings. The SMILES string of the molecule is Cc1cnn(CC2CCCCN2CC(=O)NCc2ccc(F)cc2)c1. The number of carbonyl (C=O) groups excluding carboxylic acids is 1. The number of aryl methyl sites for hydroxylation is 1. The predicted molar refractivity (Wildman–Crippen MR) is 94.4 cm³/mol. The van der Waals surface area contributed by atoms with Crippen LogP contribution >= 0.6 is 0 Å². The van der Waals surface area contributed by atoms with Crippen molar-refractivity contribution in [1.29, 1.82) is 0 Å². The van der Waals surface area contributed by atoms with Crippen LogP contribution in [0, 0.1) is 12.7 Å². The van der Waals surface area contributed by atoms with Crippen molar-refractivity contribution in [3.05, 3.63) is 53.6 Å². The summed E-state index contributed by atoms with van der Waals surface area (Å²) in [5.74, 6) is -0.257. The molecule has 2 heterocycles. The highest BCUT2D eigenvalue weighted by Crippen LogP contribution is 2.18. The normalized spacial score (nSPS) is 18.2. The van der Waals surface area contributed by atoms with E-state index in [4.69, 9.17) is 0 Å². The summed E-state index contributed by atoms with van der Waals surface area (Å²) in [6, 6.07) is 6.55. The molecule has 2 aromatic rings. The summed E-state index contributed by atoms with van der Waals surface area (Å²) in [4.78, 5) is 14.6. The van der Waals surface area contributed by atoms with E-state index < -0.39 is 0 Å². The molecule has 0 radical (unpaired) electrons. The first kappa shape index (κ1) is 17.6. The van der Waals surface area contributed by atoms with Gasteiger partial charge in [0.2, 0.25) is 5.91 Å². The van der Waals surface area contributed by atoms with E-state index in [1.54, 1.807) is 12.1 Å². The minimum atomic E-state index is -0.264. The Morgan fingerprint density at radius 3 is 2.84 bits per heavy atom. The summed E-state index contributed by atoms with van der Waals surface area (Å²) in [7, 11) is 0. The predicted octanol–water partition coefficient (Wildman–Crippen LogP) is 2.50. The van der Waals surface area contributed by atoms with Gasteiger partial charge in [-0.25, -0.2) is 4.39 Å². The highest BCUT2D eigenvalue weighted by atomic mass is 19.1. The molecule has 0 saturated carbocycles. The summed E-state index contributed by atoms with van der Waals surface area (Å²) in [5, 5.41) is 7.29. The molecule has 1 unspecified atom stereocenters. The van der Waals surface area contributed by atoms with Crippen molar-refractivity contribution in [2.45, 2.75) is 45.3 Å². The van der Waals surface area contributed by atoms with Gasteiger partial charge in [-0.1, -0.05) is 18.6 Å². The molecule has 1 aromatic heterocycles. The smallest absolute Gasteiger partial charge is 0.234 e. The lowest BCUT2D eigenvalue weighted by molar-refractivity contribution is -0.123. The van der Waals surface area contributed by atoms with Crippen LogP contribution in [0.4, 0.5) is 4.39 Å². The Morgan fingerprint density at radius 1 is 1.32 bits per heavy atom. The number of likely N-dealkylation sites (tertiary alicyclic amines) is 1. The lowest BCUT2D eigenvalue weighted by atomic mass is 10.0. The Hall–Kier alpha value is -2.21. The van der Waals surface area contributed by atoms with Gasteiger partial charge in [-0.2, -0.15) is 5.10 Å². The molecular weight excluding hydrogens is 319 g/mol. The van der Waals surface area contributed by atoms with Gasteiger partial charge in [0.05, 0.1) is 19.3 Å². The second-order valence-electron chi connectivity index (χ2n) is 6.76. The van der Waals surface area contributed by atoms with Gasteiger partial charge in [0, 0.05) is 18.8 Å². The van der Waals surface area contributed by atoms with E-state index >= 15 is 0 Å². The van der Waals surface area contributed by atoms with Crippen LogP contribution < -0.4 is 5.32 Å². The average molecular weight is 344 g/mol. The molecule has 1 aromatic carbocycles. The van der Waals surface area contributed by atoms with Crippen molar-refractivity contribution < 1.29 is 9.18 Å². The highest BCUT2D eigenvalue weighted by molar-refractivity contribution is 5.78. The largest absolute Gasteiger partial charge is 0.351 e. The van der Waals surface area contributed by atoms with Gasteiger partial charge in [-0.05, 0) is 49.6 Å². The minimum Gasteiger partial charge on any atom is -0.351 e. The van der Waals surface area contributed by atoms with E-state index in [0.717, 1.165) is 37.1 Å². The molecule has 6 heteroatoms. The number of amides is 1. The fourth-order valence-corrected chi connectivity index (χ4v) is 3.30. The number of carbonyl (C=O) groups is 1. The van der Waals surface area contributed by atoms with E-state index in [1.165, 1.54) is 18.6 Å². The molecule has 25 heavy (non-hydrogen) atoms. The van der Waals surface area contributed by atoms with Crippen LogP contribution in [0.5, 0.6) is 0 Å². The van der Waals surface area contributed by atoms with Crippen LogP contribution in [-0.4, -0.2) is 39.7 Å². The van der Waals surface area contributed by atoms with E-state index in [9.17, 15) is 9.18 Å². The van der Waals surface area contributed by atoms with Crippen LogP contribution in [0.1, 0.15) is 30.4 Å². The minimum absolute atomic E-state index is 0.00729. The first-order valence-corrected chi connectivity index (χ1v) is 8.84. The number of piperidine rings is 1. The number of hydrogen-bond donors (Lipinski definition) is 1. The van der Waals surface area contributed by atoms with Gasteiger partial charge in [-0.15, -0.1) is 0 Å². The monoisotopic (exact) mass is 344 g/mol. The number of nitrogens with zero attached hydrogens (tertiary/aromatic N) is 3. The van der Waals surface area contributed by atoms with Gasteiger partial charge >= 0.3 is 0 Å². The highest BCUT2D eigenvalue weighted by Gasteiger charge is 2.24. The Kier molecular flexibility index (Phi) is 5.81. The van der Waals surface area contributed by atoms with E-state index in [0.29, 0.717) is 19.1 Å². The maximum absolute atomic E-state index is 12.9. The molecular formula is C19H25FN4O. The average Bonchev–Trinajstić information content (AvgIpc) is 3.01. The number of hydrogen-bond acceptors (Lipinski definition) is 3.